The maximum absolute atomic E-state index is 12.3. The number of carbonyl (C=O) groups excluding carboxylic acids is 2. The Balaban J connectivity index is 0.000000250. The van der Waals surface area contributed by atoms with Gasteiger partial charge in [-0.3, -0.25) is 9.59 Å². The smallest absolute Gasteiger partial charge is 0.488 e. The minimum absolute atomic E-state index is 0.224. The van der Waals surface area contributed by atoms with Crippen molar-refractivity contribution < 1.29 is 70.6 Å². The highest BCUT2D eigenvalue weighted by atomic mass is 32.2. The molecule has 2 heterocycles. The minimum atomic E-state index is -5.73. The third kappa shape index (κ3) is 9.08. The molecule has 46 heavy (non-hydrogen) atoms. The van der Waals surface area contributed by atoms with Crippen LogP contribution in [0.5, 0.6) is 23.0 Å². The van der Waals surface area contributed by atoms with Crippen LogP contribution in [0.1, 0.15) is 38.8 Å². The summed E-state index contributed by atoms with van der Waals surface area (Å²) < 4.78 is 137. The third-order valence-electron chi connectivity index (χ3n) is 6.43. The van der Waals surface area contributed by atoms with E-state index in [-0.39, 0.29) is 35.4 Å². The Morgan fingerprint density at radius 2 is 1.04 bits per heavy atom. The fourth-order valence-electron chi connectivity index (χ4n) is 4.31. The number of rotatable bonds is 8. The number of hydrogen-bond acceptors (Lipinski definition) is 10. The lowest BCUT2D eigenvalue weighted by molar-refractivity contribution is -0.121. The molecule has 4 rings (SSSR count). The normalized spacial score (nSPS) is 18.7. The van der Waals surface area contributed by atoms with Gasteiger partial charge in [-0.15, -0.1) is 0 Å². The lowest BCUT2D eigenvalue weighted by Gasteiger charge is -2.19. The highest BCUT2D eigenvalue weighted by molar-refractivity contribution is 7.88. The number of ether oxygens (including phenoxy) is 2. The Morgan fingerprint density at radius 1 is 0.717 bits per heavy atom. The van der Waals surface area contributed by atoms with E-state index in [0.717, 1.165) is 24.3 Å². The maximum Gasteiger partial charge on any atom is 0.534 e. The van der Waals surface area contributed by atoms with Gasteiger partial charge in [0.25, 0.3) is 0 Å². The Bertz CT molecular complexity index is 1560. The van der Waals surface area contributed by atoms with E-state index in [2.05, 4.69) is 19.0 Å². The second-order valence-corrected chi connectivity index (χ2v) is 13.3. The van der Waals surface area contributed by atoms with Crippen LogP contribution in [0.2, 0.25) is 0 Å². The van der Waals surface area contributed by atoms with Crippen molar-refractivity contribution in [1.29, 1.82) is 0 Å². The molecule has 2 aliphatic rings. The van der Waals surface area contributed by atoms with Crippen LogP contribution >= 0.6 is 0 Å². The van der Waals surface area contributed by atoms with E-state index in [4.69, 9.17) is 9.47 Å². The number of halogens is 6. The van der Waals surface area contributed by atoms with Gasteiger partial charge >= 0.3 is 31.3 Å². The van der Waals surface area contributed by atoms with E-state index in [1.807, 2.05) is 0 Å². The number of nitrogens with one attached hydrogen (secondary N) is 2. The fraction of sp³-hybridized carbons (Fsp3) is 0.462. The number of benzene rings is 2. The van der Waals surface area contributed by atoms with Gasteiger partial charge in [0.15, 0.2) is 0 Å². The molecule has 0 aliphatic carbocycles. The van der Waals surface area contributed by atoms with Crippen molar-refractivity contribution in [3.63, 3.8) is 0 Å². The zero-order valence-electron chi connectivity index (χ0n) is 24.4. The van der Waals surface area contributed by atoms with Gasteiger partial charge in [0.05, 0.1) is 12.1 Å². The second-order valence-electron chi connectivity index (χ2n) is 10.2. The van der Waals surface area contributed by atoms with Gasteiger partial charge in [-0.25, -0.2) is 0 Å². The molecule has 0 saturated heterocycles. The van der Waals surface area contributed by atoms with Crippen LogP contribution in [0.3, 0.4) is 0 Å². The van der Waals surface area contributed by atoms with E-state index < -0.39 is 55.0 Å². The van der Waals surface area contributed by atoms with Crippen molar-refractivity contribution in [2.45, 2.75) is 75.8 Å². The first-order valence-electron chi connectivity index (χ1n) is 13.1. The van der Waals surface area contributed by atoms with Crippen molar-refractivity contribution in [3.05, 3.63) is 47.5 Å². The summed E-state index contributed by atoms with van der Waals surface area (Å²) in [5, 5.41) is 5.30. The lowest BCUT2D eigenvalue weighted by Crippen LogP contribution is -2.42. The van der Waals surface area contributed by atoms with E-state index in [1.54, 1.807) is 13.8 Å². The van der Waals surface area contributed by atoms with Gasteiger partial charge < -0.3 is 28.5 Å². The topological polar surface area (TPSA) is 163 Å². The van der Waals surface area contributed by atoms with Gasteiger partial charge in [0.1, 0.15) is 35.2 Å². The van der Waals surface area contributed by atoms with Crippen molar-refractivity contribution in [2.24, 2.45) is 0 Å². The quantitative estimate of drug-likeness (QED) is 0.236. The molecule has 0 bridgehead atoms. The first kappa shape index (κ1) is 36.5. The molecule has 0 radical (unpaired) electrons. The largest absolute Gasteiger partial charge is 0.534 e. The summed E-state index contributed by atoms with van der Waals surface area (Å²) in [5.41, 5.74) is -9.64. The van der Waals surface area contributed by atoms with Crippen molar-refractivity contribution >= 4 is 32.1 Å². The van der Waals surface area contributed by atoms with E-state index in [1.165, 1.54) is 26.0 Å². The van der Waals surface area contributed by atoms with E-state index >= 15 is 0 Å². The van der Waals surface area contributed by atoms with Crippen LogP contribution < -0.4 is 28.5 Å². The number of carbonyl (C=O) groups is 2. The number of fused-ring (bicyclic) bond motifs is 2. The number of hydrogen-bond donors (Lipinski definition) is 2. The maximum atomic E-state index is 12.3. The molecule has 256 valence electrons. The van der Waals surface area contributed by atoms with Gasteiger partial charge in [-0.05, 0) is 37.1 Å². The Hall–Kier alpha value is -3.94. The minimum Gasteiger partial charge on any atom is -0.488 e. The fourth-order valence-corrected chi connectivity index (χ4v) is 5.21. The molecule has 0 spiro atoms. The SMILES string of the molecule is CC(=O)N[C@@H](C)[C@@H]1Cc2ccc(OS(=O)(=O)C(F)(F)F)cc2O1.CC(=O)N[C@H](C)[C@H]1Cc2ccc(OS(=O)(=O)C(F)(F)F)cc2O1. The summed E-state index contributed by atoms with van der Waals surface area (Å²) in [4.78, 5) is 22.1. The zero-order valence-corrected chi connectivity index (χ0v) is 26.0. The standard InChI is InChI=1S/2C13H14F3NO5S/c2*1-7(17-8(2)18)11-5-9-3-4-10(6-12(9)21-11)22-23(19,20)13(14,15)16/h2*3-4,6-7,11H,5H2,1-2H3,(H,17,18)/t2*7-,11-/m10/s1. The van der Waals surface area contributed by atoms with Gasteiger partial charge in [-0.2, -0.15) is 43.2 Å². The monoisotopic (exact) mass is 706 g/mol. The predicted octanol–water partition coefficient (Wildman–Crippen LogP) is 3.49. The molecule has 0 saturated carbocycles. The number of alkyl halides is 6. The molecule has 0 unspecified atom stereocenters. The third-order valence-corrected chi connectivity index (χ3v) is 8.39. The second kappa shape index (κ2) is 13.4. The van der Waals surface area contributed by atoms with Crippen LogP contribution in [0.15, 0.2) is 36.4 Å². The average Bonchev–Trinajstić information content (AvgIpc) is 3.50. The van der Waals surface area contributed by atoms with Gasteiger partial charge in [-0.1, -0.05) is 12.1 Å². The van der Waals surface area contributed by atoms with Crippen LogP contribution in [0.4, 0.5) is 26.3 Å². The Labute approximate surface area is 259 Å². The summed E-state index contributed by atoms with van der Waals surface area (Å²) in [6.07, 6.45) is 0.0679. The highest BCUT2D eigenvalue weighted by Gasteiger charge is 2.49. The summed E-state index contributed by atoms with van der Waals surface area (Å²) in [5.74, 6) is -1.01. The molecule has 2 aromatic rings. The molecule has 2 amide bonds. The van der Waals surface area contributed by atoms with Crippen LogP contribution in [-0.2, 0) is 42.7 Å². The zero-order chi connectivity index (χ0) is 34.8. The summed E-state index contributed by atoms with van der Waals surface area (Å²) in [6.45, 7) is 6.16. The molecule has 20 heteroatoms. The Morgan fingerprint density at radius 3 is 1.33 bits per heavy atom. The predicted molar refractivity (Wildman–Crippen MR) is 147 cm³/mol. The first-order valence-corrected chi connectivity index (χ1v) is 16.0. The lowest BCUT2D eigenvalue weighted by atomic mass is 10.1. The highest BCUT2D eigenvalue weighted by Crippen LogP contribution is 2.37. The van der Waals surface area contributed by atoms with Gasteiger partial charge in [0.2, 0.25) is 11.8 Å². The van der Waals surface area contributed by atoms with Crippen LogP contribution in [0.25, 0.3) is 0 Å². The average molecular weight is 707 g/mol. The Kier molecular flexibility index (Phi) is 10.7. The van der Waals surface area contributed by atoms with Gasteiger partial charge in [0, 0.05) is 38.8 Å². The molecule has 2 N–H and O–H groups in total. The van der Waals surface area contributed by atoms with Crippen LogP contribution in [0, 0.1) is 0 Å². The first-order chi connectivity index (χ1) is 21.0. The molecule has 0 aromatic heterocycles. The summed E-state index contributed by atoms with van der Waals surface area (Å²) in [7, 11) is -11.5. The molecule has 4 atom stereocenters. The van der Waals surface area contributed by atoms with Crippen molar-refractivity contribution in [1.82, 2.24) is 10.6 Å². The van der Waals surface area contributed by atoms with E-state index in [9.17, 15) is 52.8 Å². The molecule has 2 aromatic carbocycles. The molecular formula is C26H28F6N2O10S2. The molecule has 12 nitrogen and oxygen atoms in total. The van der Waals surface area contributed by atoms with Crippen molar-refractivity contribution in [2.75, 3.05) is 0 Å². The number of amides is 2. The molecular weight excluding hydrogens is 678 g/mol. The van der Waals surface area contributed by atoms with E-state index in [0.29, 0.717) is 24.0 Å². The summed E-state index contributed by atoms with van der Waals surface area (Å²) in [6, 6.07) is 6.63. The summed E-state index contributed by atoms with van der Waals surface area (Å²) >= 11 is 0. The molecule has 2 aliphatic heterocycles. The van der Waals surface area contributed by atoms with Crippen molar-refractivity contribution in [3.8, 4) is 23.0 Å². The van der Waals surface area contributed by atoms with Crippen LogP contribution in [-0.4, -0.2) is 64.0 Å². The molecule has 0 fully saturated rings.